The van der Waals surface area contributed by atoms with E-state index in [4.69, 9.17) is 23.2 Å². The molecule has 0 rings (SSSR count). The molecule has 0 bridgehead atoms. The van der Waals surface area contributed by atoms with Crippen LogP contribution in [0.25, 0.3) is 0 Å². The van der Waals surface area contributed by atoms with Gasteiger partial charge in [-0.2, -0.15) is 0 Å². The van der Waals surface area contributed by atoms with Gasteiger partial charge in [-0.25, -0.2) is 0 Å². The number of hydrogen-bond donors (Lipinski definition) is 0. The molecule has 0 N–H and O–H groups in total. The van der Waals surface area contributed by atoms with E-state index in [1.54, 1.807) is 6.92 Å². The van der Waals surface area contributed by atoms with Gasteiger partial charge in [-0.3, -0.25) is 9.59 Å². The molecule has 0 aromatic heterocycles. The molecule has 0 heterocycles. The number of ketones is 1. The van der Waals surface area contributed by atoms with Crippen LogP contribution in [0, 0.1) is 0 Å². The Labute approximate surface area is 69.5 Å². The van der Waals surface area contributed by atoms with Crippen molar-refractivity contribution in [3.8, 4) is 0 Å². The molecule has 0 spiro atoms. The Kier molecular flexibility index (Phi) is 4.65. The van der Waals surface area contributed by atoms with E-state index in [-0.39, 0.29) is 12.2 Å². The van der Waals surface area contributed by atoms with Gasteiger partial charge in [-0.1, -0.05) is 6.92 Å². The molecule has 1 atom stereocenters. The highest BCUT2D eigenvalue weighted by Crippen LogP contribution is 2.07. The fourth-order valence-electron chi connectivity index (χ4n) is 0.476. The second-order valence-corrected chi connectivity index (χ2v) is 2.80. The minimum atomic E-state index is -0.741. The third kappa shape index (κ3) is 3.85. The van der Waals surface area contributed by atoms with Crippen LogP contribution in [0.5, 0.6) is 0 Å². The minimum absolute atomic E-state index is 0.0736. The lowest BCUT2D eigenvalue weighted by Crippen LogP contribution is -2.15. The van der Waals surface area contributed by atoms with Crippen molar-refractivity contribution >= 4 is 34.2 Å². The van der Waals surface area contributed by atoms with Crippen molar-refractivity contribution in [1.82, 2.24) is 0 Å². The number of carbonyl (C=O) groups excluding carboxylic acids is 2. The zero-order chi connectivity index (χ0) is 8.15. The largest absolute Gasteiger partial charge is 0.298 e. The summed E-state index contributed by atoms with van der Waals surface area (Å²) in [5.41, 5.74) is 0. The number of Topliss-reactive ketones (excluding diaryl/α,β-unsaturated/α-hetero) is 1. The minimum Gasteiger partial charge on any atom is -0.298 e. The van der Waals surface area contributed by atoms with Crippen molar-refractivity contribution in [2.75, 3.05) is 0 Å². The molecular formula is C6H8Cl2O2. The van der Waals surface area contributed by atoms with Gasteiger partial charge >= 0.3 is 0 Å². The normalized spacial score (nSPS) is 12.7. The van der Waals surface area contributed by atoms with E-state index in [0.717, 1.165) is 0 Å². The average Bonchev–Trinajstić information content (AvgIpc) is 1.85. The number of rotatable bonds is 4. The Morgan fingerprint density at radius 1 is 1.50 bits per heavy atom. The van der Waals surface area contributed by atoms with Crippen molar-refractivity contribution in [1.29, 1.82) is 0 Å². The summed E-state index contributed by atoms with van der Waals surface area (Å²) >= 11 is 10.5. The quantitative estimate of drug-likeness (QED) is 0.491. The van der Waals surface area contributed by atoms with Gasteiger partial charge in [0.15, 0.2) is 5.78 Å². The van der Waals surface area contributed by atoms with Crippen LogP contribution in [-0.2, 0) is 9.59 Å². The van der Waals surface area contributed by atoms with Gasteiger partial charge in [0.05, 0.1) is 0 Å². The van der Waals surface area contributed by atoms with Crippen LogP contribution in [0.4, 0.5) is 0 Å². The molecule has 4 heteroatoms. The van der Waals surface area contributed by atoms with E-state index >= 15 is 0 Å². The van der Waals surface area contributed by atoms with Crippen LogP contribution in [-0.4, -0.2) is 16.4 Å². The summed E-state index contributed by atoms with van der Waals surface area (Å²) in [5.74, 6) is -0.143. The lowest BCUT2D eigenvalue weighted by Gasteiger charge is -2.00. The highest BCUT2D eigenvalue weighted by Gasteiger charge is 2.15. The summed E-state index contributed by atoms with van der Waals surface area (Å²) in [4.78, 5) is 20.9. The zero-order valence-corrected chi connectivity index (χ0v) is 7.08. The number of halogens is 2. The smallest absolute Gasteiger partial charge is 0.223 e. The van der Waals surface area contributed by atoms with Crippen molar-refractivity contribution < 1.29 is 9.59 Å². The lowest BCUT2D eigenvalue weighted by atomic mass is 10.2. The maximum absolute atomic E-state index is 10.7. The van der Waals surface area contributed by atoms with Gasteiger partial charge in [0.25, 0.3) is 0 Å². The topological polar surface area (TPSA) is 34.1 Å². The Balaban J connectivity index is 3.72. The predicted molar refractivity (Wildman–Crippen MR) is 40.4 cm³/mol. The molecule has 0 aromatic carbocycles. The summed E-state index contributed by atoms with van der Waals surface area (Å²) in [6, 6.07) is 0. The van der Waals surface area contributed by atoms with Crippen molar-refractivity contribution in [2.45, 2.75) is 25.1 Å². The van der Waals surface area contributed by atoms with E-state index in [1.165, 1.54) is 0 Å². The van der Waals surface area contributed by atoms with Crippen LogP contribution in [0.15, 0.2) is 0 Å². The van der Waals surface area contributed by atoms with E-state index in [9.17, 15) is 9.59 Å². The average molecular weight is 183 g/mol. The van der Waals surface area contributed by atoms with Crippen LogP contribution in [0.3, 0.4) is 0 Å². The maximum Gasteiger partial charge on any atom is 0.223 e. The van der Waals surface area contributed by atoms with Gasteiger partial charge in [0.2, 0.25) is 5.24 Å². The SMILES string of the molecule is CCC(=O)C(Cl)CC(=O)Cl. The van der Waals surface area contributed by atoms with E-state index in [0.29, 0.717) is 6.42 Å². The molecule has 1 unspecified atom stereocenters. The highest BCUT2D eigenvalue weighted by atomic mass is 35.5. The first kappa shape index (κ1) is 9.92. The second-order valence-electron chi connectivity index (χ2n) is 1.85. The van der Waals surface area contributed by atoms with Gasteiger partial charge in [0, 0.05) is 12.8 Å². The molecular weight excluding hydrogens is 175 g/mol. The molecule has 0 aliphatic rings. The molecule has 2 nitrogen and oxygen atoms in total. The summed E-state index contributed by atoms with van der Waals surface area (Å²) in [6.07, 6.45) is 0.272. The number of hydrogen-bond acceptors (Lipinski definition) is 2. The number of carbonyl (C=O) groups is 2. The standard InChI is InChI=1S/C6H8Cl2O2/c1-2-5(9)4(7)3-6(8)10/h4H,2-3H2,1H3. The molecule has 0 aliphatic carbocycles. The van der Waals surface area contributed by atoms with Gasteiger partial charge < -0.3 is 0 Å². The highest BCUT2D eigenvalue weighted by molar-refractivity contribution is 6.64. The van der Waals surface area contributed by atoms with Crippen LogP contribution in [0.1, 0.15) is 19.8 Å². The van der Waals surface area contributed by atoms with Gasteiger partial charge in [-0.15, -0.1) is 11.6 Å². The van der Waals surface area contributed by atoms with E-state index in [2.05, 4.69) is 0 Å². The van der Waals surface area contributed by atoms with Crippen molar-refractivity contribution in [2.24, 2.45) is 0 Å². The molecule has 0 saturated heterocycles. The zero-order valence-electron chi connectivity index (χ0n) is 5.56. The summed E-state index contributed by atoms with van der Waals surface area (Å²) < 4.78 is 0. The Morgan fingerprint density at radius 3 is 2.30 bits per heavy atom. The summed E-state index contributed by atoms with van der Waals surface area (Å²) in [7, 11) is 0. The lowest BCUT2D eigenvalue weighted by molar-refractivity contribution is -0.120. The summed E-state index contributed by atoms with van der Waals surface area (Å²) in [6.45, 7) is 1.69. The van der Waals surface area contributed by atoms with Gasteiger partial charge in [-0.05, 0) is 11.6 Å². The molecule has 0 aromatic rings. The molecule has 0 radical (unpaired) electrons. The Hall–Kier alpha value is -0.0800. The first-order valence-corrected chi connectivity index (χ1v) is 3.74. The van der Waals surface area contributed by atoms with E-state index in [1.807, 2.05) is 0 Å². The predicted octanol–water partition coefficient (Wildman–Crippen LogP) is 1.73. The van der Waals surface area contributed by atoms with Crippen LogP contribution >= 0.6 is 23.2 Å². The van der Waals surface area contributed by atoms with E-state index < -0.39 is 10.6 Å². The summed E-state index contributed by atoms with van der Waals surface area (Å²) in [5, 5.41) is -1.31. The molecule has 0 saturated carbocycles. The van der Waals surface area contributed by atoms with Crippen LogP contribution < -0.4 is 0 Å². The first-order chi connectivity index (χ1) is 4.57. The molecule has 0 aliphatic heterocycles. The van der Waals surface area contributed by atoms with Gasteiger partial charge in [0.1, 0.15) is 5.38 Å². The molecule has 10 heavy (non-hydrogen) atoms. The second kappa shape index (κ2) is 4.69. The number of alkyl halides is 1. The molecule has 0 fully saturated rings. The Morgan fingerprint density at radius 2 is 2.00 bits per heavy atom. The Bertz CT molecular complexity index is 145. The van der Waals surface area contributed by atoms with Crippen molar-refractivity contribution in [3.05, 3.63) is 0 Å². The fourth-order valence-corrected chi connectivity index (χ4v) is 1.00. The van der Waals surface area contributed by atoms with Crippen LogP contribution in [0.2, 0.25) is 0 Å². The third-order valence-electron chi connectivity index (χ3n) is 1.04. The monoisotopic (exact) mass is 182 g/mol. The molecule has 58 valence electrons. The maximum atomic E-state index is 10.7. The fraction of sp³-hybridized carbons (Fsp3) is 0.667. The third-order valence-corrected chi connectivity index (χ3v) is 1.59. The molecule has 0 amide bonds. The van der Waals surface area contributed by atoms with Crippen molar-refractivity contribution in [3.63, 3.8) is 0 Å². The first-order valence-electron chi connectivity index (χ1n) is 2.93.